The first-order valence-corrected chi connectivity index (χ1v) is 5.20. The number of nitrogens with two attached hydrogens (primary N) is 1. The summed E-state index contributed by atoms with van der Waals surface area (Å²) in [6.45, 7) is 5.48. The smallest absolute Gasteiger partial charge is 0.128 e. The van der Waals surface area contributed by atoms with Crippen LogP contribution in [-0.4, -0.2) is 24.3 Å². The van der Waals surface area contributed by atoms with Crippen LogP contribution in [0.5, 0.6) is 0 Å². The minimum Gasteiger partial charge on any atom is -0.397 e. The first-order chi connectivity index (χ1) is 7.29. The predicted octanol–water partition coefficient (Wildman–Crippen LogP) is 1.92. The molecule has 0 amide bonds. The number of likely N-dealkylation sites (N-methyl/N-ethyl adjacent to an activating group) is 1. The summed E-state index contributed by atoms with van der Waals surface area (Å²) in [6.07, 6.45) is 0. The summed E-state index contributed by atoms with van der Waals surface area (Å²) in [6, 6.07) is 3.01. The van der Waals surface area contributed by atoms with Gasteiger partial charge in [0.15, 0.2) is 0 Å². The van der Waals surface area contributed by atoms with E-state index in [1.807, 2.05) is 25.8 Å². The van der Waals surface area contributed by atoms with Crippen molar-refractivity contribution in [3.05, 3.63) is 23.5 Å². The van der Waals surface area contributed by atoms with Crippen molar-refractivity contribution < 1.29 is 9.50 Å². The molecule has 0 bridgehead atoms. The van der Waals surface area contributed by atoms with E-state index in [2.05, 4.69) is 0 Å². The molecule has 1 aromatic carbocycles. The van der Waals surface area contributed by atoms with Crippen LogP contribution in [0.2, 0.25) is 0 Å². The minimum atomic E-state index is -0.432. The summed E-state index contributed by atoms with van der Waals surface area (Å²) < 4.78 is 13.3. The topological polar surface area (TPSA) is 49.5 Å². The van der Waals surface area contributed by atoms with E-state index in [1.165, 1.54) is 6.07 Å². The van der Waals surface area contributed by atoms with Crippen molar-refractivity contribution in [2.45, 2.75) is 26.3 Å². The Morgan fingerprint density at radius 3 is 2.50 bits per heavy atom. The Labute approximate surface area is 95.7 Å². The number of rotatable bonds is 3. The SMILES string of the molecule is Cc1cc(N(C)C(C)(C)CO)c(N)cc1F. The van der Waals surface area contributed by atoms with Crippen molar-refractivity contribution in [2.75, 3.05) is 24.3 Å². The monoisotopic (exact) mass is 226 g/mol. The molecule has 0 atom stereocenters. The second kappa shape index (κ2) is 4.29. The van der Waals surface area contributed by atoms with Gasteiger partial charge in [-0.15, -0.1) is 0 Å². The zero-order valence-corrected chi connectivity index (χ0v) is 10.2. The van der Waals surface area contributed by atoms with E-state index in [4.69, 9.17) is 5.73 Å². The third-order valence-corrected chi connectivity index (χ3v) is 2.96. The summed E-state index contributed by atoms with van der Waals surface area (Å²) >= 11 is 0. The van der Waals surface area contributed by atoms with Gasteiger partial charge in [-0.3, -0.25) is 0 Å². The number of aryl methyl sites for hydroxylation is 1. The van der Waals surface area contributed by atoms with Gasteiger partial charge in [0.25, 0.3) is 0 Å². The third kappa shape index (κ3) is 2.27. The number of benzene rings is 1. The van der Waals surface area contributed by atoms with Gasteiger partial charge in [0.2, 0.25) is 0 Å². The lowest BCUT2D eigenvalue weighted by Crippen LogP contribution is -2.44. The molecule has 0 aromatic heterocycles. The number of halogens is 1. The van der Waals surface area contributed by atoms with E-state index in [1.54, 1.807) is 13.0 Å². The highest BCUT2D eigenvalue weighted by Gasteiger charge is 2.24. The number of nitrogen functional groups attached to an aromatic ring is 1. The second-order valence-electron chi connectivity index (χ2n) is 4.69. The molecule has 3 N–H and O–H groups in total. The van der Waals surface area contributed by atoms with Crippen molar-refractivity contribution in [3.63, 3.8) is 0 Å². The average molecular weight is 226 g/mol. The summed E-state index contributed by atoms with van der Waals surface area (Å²) in [5.41, 5.74) is 7.01. The van der Waals surface area contributed by atoms with Crippen molar-refractivity contribution in [1.82, 2.24) is 0 Å². The molecule has 3 nitrogen and oxygen atoms in total. The van der Waals surface area contributed by atoms with Crippen LogP contribution >= 0.6 is 0 Å². The number of anilines is 2. The fourth-order valence-electron chi connectivity index (χ4n) is 1.40. The Hall–Kier alpha value is -1.29. The molecule has 0 fully saturated rings. The fourth-order valence-corrected chi connectivity index (χ4v) is 1.40. The molecule has 16 heavy (non-hydrogen) atoms. The Bertz CT molecular complexity index is 391. The van der Waals surface area contributed by atoms with Gasteiger partial charge in [-0.25, -0.2) is 4.39 Å². The van der Waals surface area contributed by atoms with Crippen LogP contribution in [0.3, 0.4) is 0 Å². The maximum atomic E-state index is 13.3. The lowest BCUT2D eigenvalue weighted by molar-refractivity contribution is 0.216. The molecule has 0 spiro atoms. The number of nitrogens with zero attached hydrogens (tertiary/aromatic N) is 1. The van der Waals surface area contributed by atoms with E-state index < -0.39 is 5.54 Å². The first-order valence-electron chi connectivity index (χ1n) is 5.20. The van der Waals surface area contributed by atoms with E-state index in [0.717, 1.165) is 5.69 Å². The summed E-state index contributed by atoms with van der Waals surface area (Å²) in [7, 11) is 1.83. The molecule has 0 radical (unpaired) electrons. The van der Waals surface area contributed by atoms with E-state index >= 15 is 0 Å². The molecular formula is C12H19FN2O. The zero-order valence-electron chi connectivity index (χ0n) is 10.2. The van der Waals surface area contributed by atoms with Crippen molar-refractivity contribution in [2.24, 2.45) is 0 Å². The van der Waals surface area contributed by atoms with Crippen LogP contribution in [0.15, 0.2) is 12.1 Å². The van der Waals surface area contributed by atoms with Gasteiger partial charge in [0.1, 0.15) is 5.82 Å². The Morgan fingerprint density at radius 2 is 2.00 bits per heavy atom. The molecule has 0 unspecified atom stereocenters. The normalized spacial score (nSPS) is 11.6. The maximum absolute atomic E-state index is 13.3. The molecule has 90 valence electrons. The molecule has 1 aromatic rings. The van der Waals surface area contributed by atoms with Crippen LogP contribution in [0, 0.1) is 12.7 Å². The Balaban J connectivity index is 3.19. The minimum absolute atomic E-state index is 0.000631. The standard InChI is InChI=1S/C12H19FN2O/c1-8-5-11(10(14)6-9(8)13)15(4)12(2,3)7-16/h5-6,16H,7,14H2,1-4H3. The molecule has 0 saturated carbocycles. The van der Waals surface area contributed by atoms with E-state index in [-0.39, 0.29) is 12.4 Å². The lowest BCUT2D eigenvalue weighted by atomic mass is 10.0. The number of aliphatic hydroxyl groups excluding tert-OH is 1. The van der Waals surface area contributed by atoms with Gasteiger partial charge in [-0.1, -0.05) is 0 Å². The molecule has 4 heteroatoms. The first kappa shape index (κ1) is 12.8. The van der Waals surface area contributed by atoms with Gasteiger partial charge in [0, 0.05) is 7.05 Å². The lowest BCUT2D eigenvalue weighted by Gasteiger charge is -2.36. The zero-order chi connectivity index (χ0) is 12.5. The highest BCUT2D eigenvalue weighted by molar-refractivity contribution is 5.69. The third-order valence-electron chi connectivity index (χ3n) is 2.96. The second-order valence-corrected chi connectivity index (χ2v) is 4.69. The van der Waals surface area contributed by atoms with Crippen LogP contribution in [0.25, 0.3) is 0 Å². The Morgan fingerprint density at radius 1 is 1.44 bits per heavy atom. The molecule has 0 aliphatic rings. The van der Waals surface area contributed by atoms with Gasteiger partial charge in [-0.05, 0) is 38.5 Å². The molecular weight excluding hydrogens is 207 g/mol. The largest absolute Gasteiger partial charge is 0.397 e. The highest BCUT2D eigenvalue weighted by atomic mass is 19.1. The van der Waals surface area contributed by atoms with Crippen molar-refractivity contribution >= 4 is 11.4 Å². The average Bonchev–Trinajstić information content (AvgIpc) is 2.22. The molecule has 1 rings (SSSR count). The fraction of sp³-hybridized carbons (Fsp3) is 0.500. The molecule has 0 aliphatic heterocycles. The van der Waals surface area contributed by atoms with Crippen molar-refractivity contribution in [3.8, 4) is 0 Å². The summed E-state index contributed by atoms with van der Waals surface area (Å²) in [5.74, 6) is -0.309. The number of aliphatic hydroxyl groups is 1. The Kier molecular flexibility index (Phi) is 3.43. The predicted molar refractivity (Wildman–Crippen MR) is 65.1 cm³/mol. The highest BCUT2D eigenvalue weighted by Crippen LogP contribution is 2.30. The number of hydrogen-bond donors (Lipinski definition) is 2. The maximum Gasteiger partial charge on any atom is 0.128 e. The van der Waals surface area contributed by atoms with Crippen LogP contribution < -0.4 is 10.6 Å². The quantitative estimate of drug-likeness (QED) is 0.774. The molecule has 0 aliphatic carbocycles. The van der Waals surface area contributed by atoms with Crippen molar-refractivity contribution in [1.29, 1.82) is 0 Å². The summed E-state index contributed by atoms with van der Waals surface area (Å²) in [4.78, 5) is 1.86. The van der Waals surface area contributed by atoms with Gasteiger partial charge in [0.05, 0.1) is 23.5 Å². The van der Waals surface area contributed by atoms with Crippen LogP contribution in [0.1, 0.15) is 19.4 Å². The van der Waals surface area contributed by atoms with Gasteiger partial charge in [-0.2, -0.15) is 0 Å². The molecule has 0 heterocycles. The summed E-state index contributed by atoms with van der Waals surface area (Å²) in [5, 5.41) is 9.28. The van der Waals surface area contributed by atoms with E-state index in [0.29, 0.717) is 11.3 Å². The number of hydrogen-bond acceptors (Lipinski definition) is 3. The van der Waals surface area contributed by atoms with Crippen LogP contribution in [-0.2, 0) is 0 Å². The van der Waals surface area contributed by atoms with E-state index in [9.17, 15) is 9.50 Å². The molecule has 0 saturated heterocycles. The van der Waals surface area contributed by atoms with Gasteiger partial charge < -0.3 is 15.7 Å². The van der Waals surface area contributed by atoms with Gasteiger partial charge >= 0.3 is 0 Å². The van der Waals surface area contributed by atoms with Crippen LogP contribution in [0.4, 0.5) is 15.8 Å².